The number of benzene rings is 1. The molecule has 35 heavy (non-hydrogen) atoms. The lowest BCUT2D eigenvalue weighted by molar-refractivity contribution is 0.0681. The van der Waals surface area contributed by atoms with Gasteiger partial charge in [-0.2, -0.15) is 5.10 Å². The normalized spacial score (nSPS) is 13.3. The zero-order valence-corrected chi connectivity index (χ0v) is 19.0. The van der Waals surface area contributed by atoms with Crippen molar-refractivity contribution < 1.29 is 18.3 Å². The number of aryl methyl sites for hydroxylation is 1. The highest BCUT2D eigenvalue weighted by molar-refractivity contribution is 5.92. The van der Waals surface area contributed by atoms with Gasteiger partial charge in [0.05, 0.1) is 18.5 Å². The van der Waals surface area contributed by atoms with E-state index in [0.29, 0.717) is 47.4 Å². The Hall–Kier alpha value is -4.19. The Balaban J connectivity index is 1.41. The summed E-state index contributed by atoms with van der Waals surface area (Å²) in [5.74, 6) is -0.974. The second-order valence-electron chi connectivity index (χ2n) is 8.16. The number of fused-ring (bicyclic) bond motifs is 1. The van der Waals surface area contributed by atoms with Crippen LogP contribution in [0.1, 0.15) is 27.3 Å². The van der Waals surface area contributed by atoms with Crippen molar-refractivity contribution in [1.29, 1.82) is 0 Å². The van der Waals surface area contributed by atoms with Crippen LogP contribution < -0.4 is 5.32 Å². The summed E-state index contributed by atoms with van der Waals surface area (Å²) in [5.41, 5.74) is 2.90. The van der Waals surface area contributed by atoms with E-state index in [1.54, 1.807) is 34.1 Å². The Morgan fingerprint density at radius 3 is 2.71 bits per heavy atom. The Bertz CT molecular complexity index is 1390. The van der Waals surface area contributed by atoms with Crippen LogP contribution in [0.15, 0.2) is 36.8 Å². The SMILES string of the molecule is COCc1cc(F)c(F)cc1CN1CCn2cc(-c3nc(Nc4ccn[nH]4)ncc3C)nc2C1=O. The van der Waals surface area contributed by atoms with Crippen molar-refractivity contribution in [1.82, 2.24) is 34.6 Å². The third-order valence-electron chi connectivity index (χ3n) is 5.73. The smallest absolute Gasteiger partial charge is 0.290 e. The van der Waals surface area contributed by atoms with Crippen LogP contribution in [0.2, 0.25) is 0 Å². The molecule has 1 aliphatic rings. The van der Waals surface area contributed by atoms with Crippen LogP contribution in [-0.4, -0.2) is 54.2 Å². The molecule has 10 nitrogen and oxygen atoms in total. The third kappa shape index (κ3) is 4.47. The number of carbonyl (C=O) groups excluding carboxylic acids is 1. The fourth-order valence-electron chi connectivity index (χ4n) is 3.97. The van der Waals surface area contributed by atoms with E-state index in [1.807, 2.05) is 6.92 Å². The zero-order valence-electron chi connectivity index (χ0n) is 19.0. The summed E-state index contributed by atoms with van der Waals surface area (Å²) in [6.45, 7) is 2.97. The third-order valence-corrected chi connectivity index (χ3v) is 5.73. The van der Waals surface area contributed by atoms with Crippen molar-refractivity contribution in [2.75, 3.05) is 19.0 Å². The lowest BCUT2D eigenvalue weighted by atomic mass is 10.1. The Morgan fingerprint density at radius 2 is 1.97 bits per heavy atom. The monoisotopic (exact) mass is 480 g/mol. The first-order valence-electron chi connectivity index (χ1n) is 10.9. The number of anilines is 2. The van der Waals surface area contributed by atoms with Gasteiger partial charge in [-0.05, 0) is 35.7 Å². The van der Waals surface area contributed by atoms with Crippen molar-refractivity contribution in [3.63, 3.8) is 0 Å². The van der Waals surface area contributed by atoms with Gasteiger partial charge in [-0.3, -0.25) is 9.89 Å². The van der Waals surface area contributed by atoms with Crippen molar-refractivity contribution >= 4 is 17.7 Å². The summed E-state index contributed by atoms with van der Waals surface area (Å²) in [6, 6.07) is 3.97. The molecule has 0 saturated heterocycles. The molecule has 0 radical (unpaired) electrons. The molecule has 4 heterocycles. The number of H-pyrrole nitrogens is 1. The molecule has 0 saturated carbocycles. The molecule has 3 aromatic heterocycles. The maximum atomic E-state index is 13.9. The number of ether oxygens (including phenoxy) is 1. The lowest BCUT2D eigenvalue weighted by Gasteiger charge is -2.28. The summed E-state index contributed by atoms with van der Waals surface area (Å²) in [7, 11) is 1.47. The highest BCUT2D eigenvalue weighted by Crippen LogP contribution is 2.26. The highest BCUT2D eigenvalue weighted by atomic mass is 19.2. The quantitative estimate of drug-likeness (QED) is 0.418. The van der Waals surface area contributed by atoms with Crippen molar-refractivity contribution in [2.24, 2.45) is 0 Å². The summed E-state index contributed by atoms with van der Waals surface area (Å²) >= 11 is 0. The van der Waals surface area contributed by atoms with Crippen LogP contribution >= 0.6 is 0 Å². The number of aromatic amines is 1. The van der Waals surface area contributed by atoms with E-state index < -0.39 is 11.6 Å². The van der Waals surface area contributed by atoms with E-state index in [4.69, 9.17) is 4.74 Å². The number of halogens is 2. The predicted molar refractivity (Wildman–Crippen MR) is 122 cm³/mol. The topological polar surface area (TPSA) is 114 Å². The van der Waals surface area contributed by atoms with E-state index in [0.717, 1.165) is 17.7 Å². The van der Waals surface area contributed by atoms with E-state index in [-0.39, 0.29) is 24.9 Å². The molecule has 5 rings (SSSR count). The highest BCUT2D eigenvalue weighted by Gasteiger charge is 2.29. The van der Waals surface area contributed by atoms with Gasteiger partial charge in [0.25, 0.3) is 5.91 Å². The summed E-state index contributed by atoms with van der Waals surface area (Å²) in [6.07, 6.45) is 5.07. The van der Waals surface area contributed by atoms with Crippen LogP contribution in [0, 0.1) is 18.6 Å². The molecule has 0 fully saturated rings. The fraction of sp³-hybridized carbons (Fsp3) is 0.261. The van der Waals surface area contributed by atoms with Gasteiger partial charge in [-0.25, -0.2) is 23.7 Å². The molecule has 2 N–H and O–H groups in total. The van der Waals surface area contributed by atoms with Gasteiger partial charge >= 0.3 is 0 Å². The summed E-state index contributed by atoms with van der Waals surface area (Å²) in [5, 5.41) is 9.70. The summed E-state index contributed by atoms with van der Waals surface area (Å²) in [4.78, 5) is 28.2. The molecule has 12 heteroatoms. The largest absolute Gasteiger partial charge is 0.380 e. The predicted octanol–water partition coefficient (Wildman–Crippen LogP) is 3.20. The van der Waals surface area contributed by atoms with Crippen LogP contribution in [0.3, 0.4) is 0 Å². The fourth-order valence-corrected chi connectivity index (χ4v) is 3.97. The van der Waals surface area contributed by atoms with E-state index >= 15 is 0 Å². The first-order chi connectivity index (χ1) is 16.9. The number of hydrogen-bond donors (Lipinski definition) is 2. The Kier molecular flexibility index (Phi) is 5.95. The van der Waals surface area contributed by atoms with Gasteiger partial charge in [-0.1, -0.05) is 0 Å². The molecular formula is C23H22F2N8O2. The summed E-state index contributed by atoms with van der Waals surface area (Å²) < 4.78 is 34.5. The number of methoxy groups -OCH3 is 1. The van der Waals surface area contributed by atoms with Gasteiger partial charge in [0.15, 0.2) is 17.5 Å². The Morgan fingerprint density at radius 1 is 1.17 bits per heavy atom. The molecule has 1 aromatic carbocycles. The van der Waals surface area contributed by atoms with Crippen LogP contribution in [0.5, 0.6) is 0 Å². The number of aromatic nitrogens is 6. The van der Waals surface area contributed by atoms with Crippen molar-refractivity contribution in [3.05, 3.63) is 70.9 Å². The van der Waals surface area contributed by atoms with Crippen LogP contribution in [0.4, 0.5) is 20.5 Å². The minimum atomic E-state index is -0.966. The van der Waals surface area contributed by atoms with Crippen LogP contribution in [0.25, 0.3) is 11.4 Å². The van der Waals surface area contributed by atoms with E-state index in [9.17, 15) is 13.6 Å². The standard InChI is InChI=1S/C23H22F2N8O2/c1-13-9-26-23(29-19-3-4-27-31-19)30-20(13)18-11-32-5-6-33(22(34)21(32)28-18)10-14-7-16(24)17(25)8-15(14)12-35-2/h3-4,7-9,11H,5-6,10,12H2,1-2H3,(H2,26,27,29,30,31). The first-order valence-corrected chi connectivity index (χ1v) is 10.9. The van der Waals surface area contributed by atoms with Crippen LogP contribution in [-0.2, 0) is 24.4 Å². The minimum absolute atomic E-state index is 0.106. The molecule has 1 aliphatic heterocycles. The molecule has 4 aromatic rings. The van der Waals surface area contributed by atoms with Crippen molar-refractivity contribution in [3.8, 4) is 11.4 Å². The number of carbonyl (C=O) groups is 1. The van der Waals surface area contributed by atoms with Gasteiger partial charge in [0, 0.05) is 45.2 Å². The zero-order chi connectivity index (χ0) is 24.5. The average molecular weight is 480 g/mol. The maximum absolute atomic E-state index is 13.9. The molecule has 0 spiro atoms. The van der Waals surface area contributed by atoms with Gasteiger partial charge in [-0.15, -0.1) is 0 Å². The second kappa shape index (κ2) is 9.22. The molecule has 180 valence electrons. The van der Waals surface area contributed by atoms with E-state index in [1.165, 1.54) is 7.11 Å². The number of nitrogens with one attached hydrogen (secondary N) is 2. The number of rotatable bonds is 7. The van der Waals surface area contributed by atoms with Gasteiger partial charge < -0.3 is 19.5 Å². The number of nitrogens with zero attached hydrogens (tertiary/aromatic N) is 6. The Labute approximate surface area is 199 Å². The number of hydrogen-bond acceptors (Lipinski definition) is 7. The van der Waals surface area contributed by atoms with Gasteiger partial charge in [0.1, 0.15) is 11.5 Å². The lowest BCUT2D eigenvalue weighted by Crippen LogP contribution is -2.40. The average Bonchev–Trinajstić information content (AvgIpc) is 3.50. The number of imidazole rings is 1. The molecule has 0 bridgehead atoms. The first kappa shape index (κ1) is 22.6. The number of amides is 1. The second-order valence-corrected chi connectivity index (χ2v) is 8.16. The molecule has 0 aliphatic carbocycles. The molecular weight excluding hydrogens is 458 g/mol. The van der Waals surface area contributed by atoms with Gasteiger partial charge in [0.2, 0.25) is 5.95 Å². The molecule has 1 amide bonds. The molecule has 0 atom stereocenters. The van der Waals surface area contributed by atoms with E-state index in [2.05, 4.69) is 30.5 Å². The maximum Gasteiger partial charge on any atom is 0.290 e. The molecule has 0 unspecified atom stereocenters. The minimum Gasteiger partial charge on any atom is -0.380 e. The van der Waals surface area contributed by atoms with Crippen molar-refractivity contribution in [2.45, 2.75) is 26.6 Å².